The first-order chi connectivity index (χ1) is 9.65. The molecule has 2 nitrogen and oxygen atoms in total. The van der Waals surface area contributed by atoms with Gasteiger partial charge in [-0.15, -0.1) is 0 Å². The Labute approximate surface area is 122 Å². The number of rotatable bonds is 2. The molecule has 3 rings (SSSR count). The summed E-state index contributed by atoms with van der Waals surface area (Å²) < 4.78 is 0. The van der Waals surface area contributed by atoms with Crippen molar-refractivity contribution >= 4 is 28.3 Å². The Morgan fingerprint density at radius 2 is 1.95 bits per heavy atom. The molecule has 1 aromatic heterocycles. The van der Waals surface area contributed by atoms with E-state index in [0.717, 1.165) is 22.0 Å². The second-order valence-corrected chi connectivity index (χ2v) is 5.07. The molecule has 0 bridgehead atoms. The highest BCUT2D eigenvalue weighted by Crippen LogP contribution is 2.30. The van der Waals surface area contributed by atoms with Crippen LogP contribution in [0.5, 0.6) is 0 Å². The lowest BCUT2D eigenvalue weighted by atomic mass is 10.00. The average Bonchev–Trinajstić information content (AvgIpc) is 2.47. The van der Waals surface area contributed by atoms with E-state index in [1.54, 1.807) is 25.3 Å². The summed E-state index contributed by atoms with van der Waals surface area (Å²) in [7, 11) is 0. The van der Waals surface area contributed by atoms with Gasteiger partial charge in [-0.3, -0.25) is 9.78 Å². The number of pyridine rings is 1. The van der Waals surface area contributed by atoms with E-state index in [2.05, 4.69) is 4.98 Å². The van der Waals surface area contributed by atoms with E-state index in [-0.39, 0.29) is 5.78 Å². The molecule has 0 N–H and O–H groups in total. The van der Waals surface area contributed by atoms with Crippen LogP contribution in [0.2, 0.25) is 5.02 Å². The van der Waals surface area contributed by atoms with E-state index in [0.29, 0.717) is 10.6 Å². The Morgan fingerprint density at radius 3 is 2.75 bits per heavy atom. The van der Waals surface area contributed by atoms with Gasteiger partial charge in [0.15, 0.2) is 5.78 Å². The lowest BCUT2D eigenvalue weighted by Gasteiger charge is -2.07. The average molecular weight is 282 g/mol. The highest BCUT2D eigenvalue weighted by atomic mass is 35.5. The summed E-state index contributed by atoms with van der Waals surface area (Å²) in [5.41, 5.74) is 3.45. The van der Waals surface area contributed by atoms with Gasteiger partial charge in [0, 0.05) is 27.7 Å². The Bertz CT molecular complexity index is 811. The van der Waals surface area contributed by atoms with Gasteiger partial charge in [-0.05, 0) is 48.9 Å². The molecular formula is C17H12ClNO. The summed E-state index contributed by atoms with van der Waals surface area (Å²) in [5.74, 6) is 0.0328. The van der Waals surface area contributed by atoms with Crippen molar-refractivity contribution in [3.05, 3.63) is 65.3 Å². The smallest absolute Gasteiger partial charge is 0.159 e. The van der Waals surface area contributed by atoms with Gasteiger partial charge in [0.1, 0.15) is 0 Å². The van der Waals surface area contributed by atoms with Crippen LogP contribution in [-0.4, -0.2) is 10.8 Å². The third kappa shape index (κ3) is 2.30. The predicted octanol–water partition coefficient (Wildman–Crippen LogP) is 4.76. The molecule has 3 heteroatoms. The van der Waals surface area contributed by atoms with Crippen molar-refractivity contribution in [3.8, 4) is 11.1 Å². The summed E-state index contributed by atoms with van der Waals surface area (Å²) >= 11 is 6.26. The molecule has 0 amide bonds. The quantitative estimate of drug-likeness (QED) is 0.634. The number of halogens is 1. The fraction of sp³-hybridized carbons (Fsp3) is 0.0588. The van der Waals surface area contributed by atoms with Crippen molar-refractivity contribution in [2.45, 2.75) is 6.92 Å². The normalized spacial score (nSPS) is 10.7. The second-order valence-electron chi connectivity index (χ2n) is 4.66. The SMILES string of the molecule is CC(=O)c1ccc(Cl)c(-c2ccc3ncccc3c2)c1. The third-order valence-electron chi connectivity index (χ3n) is 3.29. The zero-order chi connectivity index (χ0) is 14.1. The van der Waals surface area contributed by atoms with Crippen LogP contribution in [0.25, 0.3) is 22.0 Å². The van der Waals surface area contributed by atoms with Crippen LogP contribution in [0.4, 0.5) is 0 Å². The monoisotopic (exact) mass is 281 g/mol. The van der Waals surface area contributed by atoms with Crippen LogP contribution < -0.4 is 0 Å². The molecule has 0 aliphatic carbocycles. The maximum atomic E-state index is 11.5. The van der Waals surface area contributed by atoms with Gasteiger partial charge >= 0.3 is 0 Å². The van der Waals surface area contributed by atoms with Crippen molar-refractivity contribution in [3.63, 3.8) is 0 Å². The van der Waals surface area contributed by atoms with Crippen molar-refractivity contribution in [2.75, 3.05) is 0 Å². The predicted molar refractivity (Wildman–Crippen MR) is 82.2 cm³/mol. The van der Waals surface area contributed by atoms with E-state index >= 15 is 0 Å². The molecule has 0 radical (unpaired) electrons. The maximum Gasteiger partial charge on any atom is 0.159 e. The third-order valence-corrected chi connectivity index (χ3v) is 3.62. The molecule has 0 aliphatic rings. The van der Waals surface area contributed by atoms with Gasteiger partial charge in [0.25, 0.3) is 0 Å². The van der Waals surface area contributed by atoms with Gasteiger partial charge in [0.2, 0.25) is 0 Å². The van der Waals surface area contributed by atoms with E-state index in [1.165, 1.54) is 0 Å². The Morgan fingerprint density at radius 1 is 1.10 bits per heavy atom. The number of nitrogens with zero attached hydrogens (tertiary/aromatic N) is 1. The molecule has 3 aromatic rings. The molecule has 98 valence electrons. The largest absolute Gasteiger partial charge is 0.295 e. The molecule has 2 aromatic carbocycles. The number of carbonyl (C=O) groups excluding carboxylic acids is 1. The van der Waals surface area contributed by atoms with Gasteiger partial charge < -0.3 is 0 Å². The number of benzene rings is 2. The fourth-order valence-corrected chi connectivity index (χ4v) is 2.44. The minimum absolute atomic E-state index is 0.0328. The van der Waals surface area contributed by atoms with Gasteiger partial charge in [-0.25, -0.2) is 0 Å². The lowest BCUT2D eigenvalue weighted by Crippen LogP contribution is -1.92. The van der Waals surface area contributed by atoms with Gasteiger partial charge in [-0.1, -0.05) is 23.7 Å². The van der Waals surface area contributed by atoms with Crippen LogP contribution >= 0.6 is 11.6 Å². The van der Waals surface area contributed by atoms with Crippen LogP contribution in [0.15, 0.2) is 54.7 Å². The molecule has 0 saturated carbocycles. The second kappa shape index (κ2) is 5.06. The Balaban J connectivity index is 2.19. The van der Waals surface area contributed by atoms with E-state index < -0.39 is 0 Å². The first-order valence-electron chi connectivity index (χ1n) is 6.31. The zero-order valence-electron chi connectivity index (χ0n) is 10.9. The van der Waals surface area contributed by atoms with Crippen LogP contribution in [0.1, 0.15) is 17.3 Å². The number of aromatic nitrogens is 1. The molecule has 0 unspecified atom stereocenters. The molecule has 0 spiro atoms. The first kappa shape index (κ1) is 12.8. The van der Waals surface area contributed by atoms with Crippen molar-refractivity contribution in [1.29, 1.82) is 0 Å². The van der Waals surface area contributed by atoms with E-state index in [9.17, 15) is 4.79 Å². The molecule has 0 saturated heterocycles. The number of fused-ring (bicyclic) bond motifs is 1. The number of hydrogen-bond acceptors (Lipinski definition) is 2. The summed E-state index contributed by atoms with van der Waals surface area (Å²) in [4.78, 5) is 15.8. The Kier molecular flexibility index (Phi) is 3.25. The van der Waals surface area contributed by atoms with Crippen LogP contribution in [0, 0.1) is 0 Å². The van der Waals surface area contributed by atoms with Crippen molar-refractivity contribution < 1.29 is 4.79 Å². The lowest BCUT2D eigenvalue weighted by molar-refractivity contribution is 0.101. The Hall–Kier alpha value is -2.19. The highest BCUT2D eigenvalue weighted by molar-refractivity contribution is 6.33. The number of ketones is 1. The van der Waals surface area contributed by atoms with Crippen molar-refractivity contribution in [1.82, 2.24) is 4.98 Å². The summed E-state index contributed by atoms with van der Waals surface area (Å²) in [6.45, 7) is 1.55. The summed E-state index contributed by atoms with van der Waals surface area (Å²) in [6, 6.07) is 15.2. The van der Waals surface area contributed by atoms with Crippen LogP contribution in [0.3, 0.4) is 0 Å². The first-order valence-corrected chi connectivity index (χ1v) is 6.68. The molecule has 1 heterocycles. The molecule has 0 atom stereocenters. The minimum Gasteiger partial charge on any atom is -0.295 e. The fourth-order valence-electron chi connectivity index (χ4n) is 2.21. The minimum atomic E-state index is 0.0328. The maximum absolute atomic E-state index is 11.5. The van der Waals surface area contributed by atoms with Gasteiger partial charge in [0.05, 0.1) is 5.52 Å². The van der Waals surface area contributed by atoms with Crippen LogP contribution in [-0.2, 0) is 0 Å². The highest BCUT2D eigenvalue weighted by Gasteiger charge is 2.08. The molecular weight excluding hydrogens is 270 g/mol. The standard InChI is InChI=1S/C17H12ClNO/c1-11(20)12-4-6-16(18)15(10-12)13-5-7-17-14(9-13)3-2-8-19-17/h2-10H,1H3. The zero-order valence-corrected chi connectivity index (χ0v) is 11.7. The van der Waals surface area contributed by atoms with Crippen molar-refractivity contribution in [2.24, 2.45) is 0 Å². The topological polar surface area (TPSA) is 30.0 Å². The van der Waals surface area contributed by atoms with E-state index in [1.807, 2.05) is 36.4 Å². The molecule has 0 aliphatic heterocycles. The van der Waals surface area contributed by atoms with Gasteiger partial charge in [-0.2, -0.15) is 0 Å². The number of carbonyl (C=O) groups is 1. The summed E-state index contributed by atoms with van der Waals surface area (Å²) in [5, 5.41) is 1.69. The molecule has 0 fully saturated rings. The summed E-state index contributed by atoms with van der Waals surface area (Å²) in [6.07, 6.45) is 1.77. The van der Waals surface area contributed by atoms with E-state index in [4.69, 9.17) is 11.6 Å². The number of hydrogen-bond donors (Lipinski definition) is 0. The number of Topliss-reactive ketones (excluding diaryl/α,β-unsaturated/α-hetero) is 1. The molecule has 20 heavy (non-hydrogen) atoms.